The second-order valence-electron chi connectivity index (χ2n) is 7.76. The van der Waals surface area contributed by atoms with Crippen LogP contribution in [0.25, 0.3) is 0 Å². The highest BCUT2D eigenvalue weighted by molar-refractivity contribution is 7.92. The number of likely N-dealkylation sites (tertiary alicyclic amines) is 1. The maximum atomic E-state index is 12.5. The Morgan fingerprint density at radius 3 is 2.28 bits per heavy atom. The third-order valence-electron chi connectivity index (χ3n) is 5.26. The highest BCUT2D eigenvalue weighted by Gasteiger charge is 2.18. The molecule has 0 bridgehead atoms. The van der Waals surface area contributed by atoms with Gasteiger partial charge in [-0.1, -0.05) is 29.8 Å². The van der Waals surface area contributed by atoms with Crippen LogP contribution in [0.4, 0.5) is 5.69 Å². The summed E-state index contributed by atoms with van der Waals surface area (Å²) in [7, 11) is -1.54. The molecule has 1 fully saturated rings. The summed E-state index contributed by atoms with van der Waals surface area (Å²) in [6.07, 6.45) is 2.97. The SMILES string of the molecule is Cc1ccc(NS(=O)(=O)c2ccc(CCC(=O)NC3CCN(C)CC3)cc2)cc1. The molecular weight excluding hydrogens is 386 g/mol. The first-order valence-corrected chi connectivity index (χ1v) is 11.5. The Bertz CT molecular complexity index is 917. The predicted molar refractivity (Wildman–Crippen MR) is 115 cm³/mol. The molecule has 1 heterocycles. The minimum absolute atomic E-state index is 0.0530. The van der Waals surface area contributed by atoms with Crippen LogP contribution in [0.2, 0.25) is 0 Å². The van der Waals surface area contributed by atoms with Crippen LogP contribution in [0.5, 0.6) is 0 Å². The number of rotatable bonds is 7. The molecular formula is C22H29N3O3S. The molecule has 0 unspecified atom stereocenters. The molecule has 2 aromatic carbocycles. The lowest BCUT2D eigenvalue weighted by atomic mass is 10.0. The summed E-state index contributed by atoms with van der Waals surface area (Å²) in [4.78, 5) is 14.7. The molecule has 0 saturated carbocycles. The first kappa shape index (κ1) is 21.3. The average Bonchev–Trinajstić information content (AvgIpc) is 2.70. The summed E-state index contributed by atoms with van der Waals surface area (Å²) in [5.74, 6) is 0.0530. The van der Waals surface area contributed by atoms with E-state index in [1.54, 1.807) is 36.4 Å². The van der Waals surface area contributed by atoms with Gasteiger partial charge in [0.25, 0.3) is 10.0 Å². The van der Waals surface area contributed by atoms with E-state index in [4.69, 9.17) is 0 Å². The molecule has 29 heavy (non-hydrogen) atoms. The van der Waals surface area contributed by atoms with Crippen molar-refractivity contribution >= 4 is 21.6 Å². The zero-order valence-electron chi connectivity index (χ0n) is 17.0. The molecule has 1 saturated heterocycles. The van der Waals surface area contributed by atoms with Gasteiger partial charge in [0.05, 0.1) is 4.90 Å². The fourth-order valence-corrected chi connectivity index (χ4v) is 4.44. The molecule has 6 nitrogen and oxygen atoms in total. The highest BCUT2D eigenvalue weighted by atomic mass is 32.2. The molecule has 1 amide bonds. The van der Waals surface area contributed by atoms with Gasteiger partial charge in [0.2, 0.25) is 5.91 Å². The quantitative estimate of drug-likeness (QED) is 0.729. The number of carbonyl (C=O) groups excluding carboxylic acids is 1. The van der Waals surface area contributed by atoms with Crippen molar-refractivity contribution < 1.29 is 13.2 Å². The number of aryl methyl sites for hydroxylation is 2. The Hall–Kier alpha value is -2.38. The zero-order valence-corrected chi connectivity index (χ0v) is 17.8. The second kappa shape index (κ2) is 9.41. The van der Waals surface area contributed by atoms with Gasteiger partial charge < -0.3 is 10.2 Å². The summed E-state index contributed by atoms with van der Waals surface area (Å²) >= 11 is 0. The van der Waals surface area contributed by atoms with Gasteiger partial charge in [-0.05, 0) is 76.2 Å². The molecule has 3 rings (SSSR count). The maximum absolute atomic E-state index is 12.5. The fraction of sp³-hybridized carbons (Fsp3) is 0.409. The molecule has 0 aromatic heterocycles. The number of amides is 1. The largest absolute Gasteiger partial charge is 0.353 e. The van der Waals surface area contributed by atoms with E-state index >= 15 is 0 Å². The van der Waals surface area contributed by atoms with E-state index in [0.717, 1.165) is 37.1 Å². The van der Waals surface area contributed by atoms with E-state index in [0.29, 0.717) is 18.5 Å². The highest BCUT2D eigenvalue weighted by Crippen LogP contribution is 2.18. The van der Waals surface area contributed by atoms with Crippen LogP contribution < -0.4 is 10.0 Å². The molecule has 0 radical (unpaired) electrons. The van der Waals surface area contributed by atoms with Crippen molar-refractivity contribution in [2.45, 2.75) is 43.5 Å². The van der Waals surface area contributed by atoms with Crippen LogP contribution in [-0.4, -0.2) is 45.4 Å². The topological polar surface area (TPSA) is 78.5 Å². The molecule has 0 aliphatic carbocycles. The minimum Gasteiger partial charge on any atom is -0.353 e. The van der Waals surface area contributed by atoms with Crippen LogP contribution in [0.3, 0.4) is 0 Å². The van der Waals surface area contributed by atoms with Gasteiger partial charge in [-0.2, -0.15) is 0 Å². The van der Waals surface area contributed by atoms with Crippen LogP contribution >= 0.6 is 0 Å². The van der Waals surface area contributed by atoms with Crippen molar-refractivity contribution in [3.63, 3.8) is 0 Å². The van der Waals surface area contributed by atoms with Crippen molar-refractivity contribution in [2.24, 2.45) is 0 Å². The van der Waals surface area contributed by atoms with Crippen molar-refractivity contribution in [3.8, 4) is 0 Å². The number of hydrogen-bond donors (Lipinski definition) is 2. The number of sulfonamides is 1. The van der Waals surface area contributed by atoms with Gasteiger partial charge in [0.15, 0.2) is 0 Å². The molecule has 156 valence electrons. The van der Waals surface area contributed by atoms with E-state index in [-0.39, 0.29) is 16.8 Å². The maximum Gasteiger partial charge on any atom is 0.261 e. The van der Waals surface area contributed by atoms with Crippen molar-refractivity contribution in [2.75, 3.05) is 24.9 Å². The van der Waals surface area contributed by atoms with Gasteiger partial charge in [-0.25, -0.2) is 8.42 Å². The van der Waals surface area contributed by atoms with E-state index in [9.17, 15) is 13.2 Å². The summed E-state index contributed by atoms with van der Waals surface area (Å²) in [5, 5.41) is 3.11. The van der Waals surface area contributed by atoms with Crippen molar-refractivity contribution in [3.05, 3.63) is 59.7 Å². The van der Waals surface area contributed by atoms with Gasteiger partial charge in [0.1, 0.15) is 0 Å². The van der Waals surface area contributed by atoms with Gasteiger partial charge in [-0.3, -0.25) is 9.52 Å². The lowest BCUT2D eigenvalue weighted by molar-refractivity contribution is -0.122. The van der Waals surface area contributed by atoms with Crippen LogP contribution in [-0.2, 0) is 21.2 Å². The number of nitrogens with one attached hydrogen (secondary N) is 2. The number of anilines is 1. The van der Waals surface area contributed by atoms with Gasteiger partial charge in [0, 0.05) is 18.2 Å². The molecule has 7 heteroatoms. The first-order valence-electron chi connectivity index (χ1n) is 9.98. The summed E-state index contributed by atoms with van der Waals surface area (Å²) in [6, 6.07) is 14.2. The Morgan fingerprint density at radius 1 is 1.03 bits per heavy atom. The van der Waals surface area contributed by atoms with E-state index in [2.05, 4.69) is 22.0 Å². The number of piperidine rings is 1. The molecule has 1 aliphatic rings. The van der Waals surface area contributed by atoms with Gasteiger partial charge in [-0.15, -0.1) is 0 Å². The minimum atomic E-state index is -3.63. The fourth-order valence-electron chi connectivity index (χ4n) is 3.38. The lowest BCUT2D eigenvalue weighted by Gasteiger charge is -2.29. The molecule has 2 N–H and O–H groups in total. The Labute approximate surface area is 173 Å². The Morgan fingerprint density at radius 2 is 1.66 bits per heavy atom. The Kier molecular flexibility index (Phi) is 6.92. The van der Waals surface area contributed by atoms with Crippen molar-refractivity contribution in [1.82, 2.24) is 10.2 Å². The molecule has 0 spiro atoms. The summed E-state index contributed by atoms with van der Waals surface area (Å²) in [5.41, 5.74) is 2.54. The normalized spacial score (nSPS) is 15.8. The Balaban J connectivity index is 1.51. The molecule has 2 aromatic rings. The van der Waals surface area contributed by atoms with Gasteiger partial charge >= 0.3 is 0 Å². The van der Waals surface area contributed by atoms with Crippen LogP contribution in [0, 0.1) is 6.92 Å². The second-order valence-corrected chi connectivity index (χ2v) is 9.44. The third kappa shape index (κ3) is 6.30. The van der Waals surface area contributed by atoms with Crippen LogP contribution in [0.1, 0.15) is 30.4 Å². The van der Waals surface area contributed by atoms with E-state index < -0.39 is 10.0 Å². The molecule has 0 atom stereocenters. The standard InChI is InChI=1S/C22H29N3O3S/c1-17-3-8-20(9-4-17)24-29(27,28)21-10-5-18(6-11-21)7-12-22(26)23-19-13-15-25(2)16-14-19/h3-6,8-11,19,24H,7,12-16H2,1-2H3,(H,23,26). The smallest absolute Gasteiger partial charge is 0.261 e. The number of hydrogen-bond acceptors (Lipinski definition) is 4. The third-order valence-corrected chi connectivity index (χ3v) is 6.66. The van der Waals surface area contributed by atoms with E-state index in [1.165, 1.54) is 0 Å². The molecule has 1 aliphatic heterocycles. The lowest BCUT2D eigenvalue weighted by Crippen LogP contribution is -2.43. The van der Waals surface area contributed by atoms with E-state index in [1.807, 2.05) is 19.1 Å². The van der Waals surface area contributed by atoms with Crippen molar-refractivity contribution in [1.29, 1.82) is 0 Å². The number of benzene rings is 2. The first-order chi connectivity index (χ1) is 13.8. The number of carbonyl (C=O) groups is 1. The zero-order chi connectivity index (χ0) is 20.9. The van der Waals surface area contributed by atoms with Crippen LogP contribution in [0.15, 0.2) is 53.4 Å². The summed E-state index contributed by atoms with van der Waals surface area (Å²) < 4.78 is 27.6. The average molecular weight is 416 g/mol. The monoisotopic (exact) mass is 415 g/mol. The summed E-state index contributed by atoms with van der Waals surface area (Å²) in [6.45, 7) is 3.97. The predicted octanol–water partition coefficient (Wildman–Crippen LogP) is 2.94. The number of nitrogens with zero attached hydrogens (tertiary/aromatic N) is 1.